The minimum Gasteiger partial charge on any atom is -0.507 e. The summed E-state index contributed by atoms with van der Waals surface area (Å²) in [7, 11) is 0. The molecule has 0 atom stereocenters. The van der Waals surface area contributed by atoms with Crippen LogP contribution in [-0.2, 0) is 5.41 Å². The van der Waals surface area contributed by atoms with Gasteiger partial charge in [-0.25, -0.2) is 0 Å². The molecule has 0 heterocycles. The van der Waals surface area contributed by atoms with Crippen molar-refractivity contribution < 1.29 is 5.11 Å². The summed E-state index contributed by atoms with van der Waals surface area (Å²) in [5.41, 5.74) is 7.91. The van der Waals surface area contributed by atoms with Gasteiger partial charge in [-0.15, -0.1) is 11.8 Å². The average Bonchev–Trinajstić information content (AvgIpc) is 3.02. The molecular formula is C12H17NOS. The fraction of sp³-hybridized carbons (Fsp3) is 0.500. The number of hydrogen-bond donors (Lipinski definition) is 2. The topological polar surface area (TPSA) is 46.2 Å². The third-order valence-corrected chi connectivity index (χ3v) is 4.12. The average molecular weight is 223 g/mol. The van der Waals surface area contributed by atoms with Crippen LogP contribution in [0.2, 0.25) is 0 Å². The number of thioether (sulfide) groups is 1. The van der Waals surface area contributed by atoms with Crippen LogP contribution in [0, 0.1) is 6.92 Å². The number of aromatic hydroxyl groups is 1. The monoisotopic (exact) mass is 223 g/mol. The van der Waals surface area contributed by atoms with Crippen LogP contribution < -0.4 is 5.73 Å². The molecule has 82 valence electrons. The smallest absolute Gasteiger partial charge is 0.123 e. The van der Waals surface area contributed by atoms with E-state index in [4.69, 9.17) is 5.73 Å². The summed E-state index contributed by atoms with van der Waals surface area (Å²) in [6.45, 7) is 2.58. The van der Waals surface area contributed by atoms with Gasteiger partial charge in [-0.05, 0) is 37.7 Å². The second kappa shape index (κ2) is 3.72. The van der Waals surface area contributed by atoms with Crippen LogP contribution >= 0.6 is 11.8 Å². The lowest BCUT2D eigenvalue weighted by molar-refractivity contribution is 0.451. The van der Waals surface area contributed by atoms with E-state index in [9.17, 15) is 5.11 Å². The molecular weight excluding hydrogens is 206 g/mol. The molecule has 1 aromatic carbocycles. The van der Waals surface area contributed by atoms with Crippen LogP contribution in [0.3, 0.4) is 0 Å². The highest BCUT2D eigenvalue weighted by molar-refractivity contribution is 7.98. The Morgan fingerprint density at radius 2 is 2.13 bits per heavy atom. The van der Waals surface area contributed by atoms with Crippen LogP contribution in [0.4, 0.5) is 0 Å². The molecule has 0 spiro atoms. The van der Waals surface area contributed by atoms with Crippen LogP contribution in [0.1, 0.15) is 24.0 Å². The van der Waals surface area contributed by atoms with E-state index < -0.39 is 0 Å². The van der Waals surface area contributed by atoms with Gasteiger partial charge in [-0.2, -0.15) is 0 Å². The van der Waals surface area contributed by atoms with Gasteiger partial charge in [-0.3, -0.25) is 0 Å². The van der Waals surface area contributed by atoms with Crippen molar-refractivity contribution in [3.05, 3.63) is 23.3 Å². The van der Waals surface area contributed by atoms with E-state index in [0.717, 1.165) is 24.0 Å². The lowest BCUT2D eigenvalue weighted by Gasteiger charge is -2.19. The Bertz CT molecular complexity index is 385. The number of rotatable bonds is 3. The predicted octanol–water partition coefficient (Wildman–Crippen LogP) is 2.41. The van der Waals surface area contributed by atoms with E-state index in [1.165, 1.54) is 4.90 Å². The highest BCUT2D eigenvalue weighted by atomic mass is 32.2. The normalized spacial score (nSPS) is 17.8. The quantitative estimate of drug-likeness (QED) is 0.774. The lowest BCUT2D eigenvalue weighted by Crippen LogP contribution is -2.20. The molecule has 1 aliphatic carbocycles. The zero-order chi connectivity index (χ0) is 11.1. The predicted molar refractivity (Wildman–Crippen MR) is 64.6 cm³/mol. The zero-order valence-corrected chi connectivity index (χ0v) is 10.0. The van der Waals surface area contributed by atoms with Gasteiger partial charge >= 0.3 is 0 Å². The second-order valence-electron chi connectivity index (χ2n) is 4.29. The molecule has 0 amide bonds. The molecule has 1 aromatic rings. The molecule has 2 nitrogen and oxygen atoms in total. The van der Waals surface area contributed by atoms with Crippen molar-refractivity contribution in [3.8, 4) is 5.75 Å². The Labute approximate surface area is 94.9 Å². The third kappa shape index (κ3) is 1.64. The molecule has 3 heteroatoms. The van der Waals surface area contributed by atoms with Gasteiger partial charge in [0.05, 0.1) is 0 Å². The minimum absolute atomic E-state index is 0.0639. The Morgan fingerprint density at radius 1 is 1.47 bits per heavy atom. The molecule has 0 saturated heterocycles. The van der Waals surface area contributed by atoms with Crippen LogP contribution in [-0.4, -0.2) is 17.9 Å². The van der Waals surface area contributed by atoms with Crippen LogP contribution in [0.25, 0.3) is 0 Å². The number of nitrogens with two attached hydrogens (primary N) is 1. The summed E-state index contributed by atoms with van der Waals surface area (Å²) >= 11 is 1.68. The second-order valence-corrected chi connectivity index (χ2v) is 5.14. The number of benzene rings is 1. The van der Waals surface area contributed by atoms with Gasteiger partial charge in [0.25, 0.3) is 0 Å². The van der Waals surface area contributed by atoms with Crippen molar-refractivity contribution in [1.29, 1.82) is 0 Å². The molecule has 1 fully saturated rings. The largest absolute Gasteiger partial charge is 0.507 e. The first-order chi connectivity index (χ1) is 7.14. The maximum Gasteiger partial charge on any atom is 0.123 e. The van der Waals surface area contributed by atoms with Gasteiger partial charge in [0.2, 0.25) is 0 Å². The lowest BCUT2D eigenvalue weighted by atomic mass is 9.93. The highest BCUT2D eigenvalue weighted by Gasteiger charge is 2.46. The molecule has 0 aliphatic heterocycles. The molecule has 3 N–H and O–H groups in total. The Hall–Kier alpha value is -0.670. The first-order valence-corrected chi connectivity index (χ1v) is 6.44. The van der Waals surface area contributed by atoms with Crippen molar-refractivity contribution in [1.82, 2.24) is 0 Å². The van der Waals surface area contributed by atoms with Gasteiger partial charge in [0.15, 0.2) is 0 Å². The van der Waals surface area contributed by atoms with E-state index in [2.05, 4.69) is 6.07 Å². The van der Waals surface area contributed by atoms with Crippen LogP contribution in [0.15, 0.2) is 17.0 Å². The molecule has 0 unspecified atom stereocenters. The van der Waals surface area contributed by atoms with Crippen molar-refractivity contribution >= 4 is 11.8 Å². The molecule has 0 radical (unpaired) electrons. The number of hydrogen-bond acceptors (Lipinski definition) is 3. The Balaban J connectivity index is 2.57. The summed E-state index contributed by atoms with van der Waals surface area (Å²) in [6.07, 6.45) is 4.25. The van der Waals surface area contributed by atoms with Crippen LogP contribution in [0.5, 0.6) is 5.75 Å². The van der Waals surface area contributed by atoms with Gasteiger partial charge in [0.1, 0.15) is 5.75 Å². The first kappa shape index (κ1) is 10.8. The number of phenolic OH excluding ortho intramolecular Hbond substituents is 1. The summed E-state index contributed by atoms with van der Waals surface area (Å²) in [5, 5.41) is 10.1. The molecule has 0 bridgehead atoms. The first-order valence-electron chi connectivity index (χ1n) is 5.22. The highest BCUT2D eigenvalue weighted by Crippen LogP contribution is 2.53. The molecule has 15 heavy (non-hydrogen) atoms. The summed E-state index contributed by atoms with van der Waals surface area (Å²) in [5.74, 6) is 0.449. The number of aryl methyl sites for hydroxylation is 1. The summed E-state index contributed by atoms with van der Waals surface area (Å²) in [6, 6.07) is 4.06. The van der Waals surface area contributed by atoms with Gasteiger partial charge in [0, 0.05) is 22.4 Å². The Morgan fingerprint density at radius 3 is 2.60 bits per heavy atom. The van der Waals surface area contributed by atoms with Crippen molar-refractivity contribution in [2.24, 2.45) is 5.73 Å². The van der Waals surface area contributed by atoms with E-state index in [0.29, 0.717) is 12.3 Å². The Kier molecular flexibility index (Phi) is 2.69. The molecule has 1 saturated carbocycles. The fourth-order valence-electron chi connectivity index (χ4n) is 2.07. The third-order valence-electron chi connectivity index (χ3n) is 3.34. The minimum atomic E-state index is 0.0639. The van der Waals surface area contributed by atoms with E-state index in [-0.39, 0.29) is 5.41 Å². The van der Waals surface area contributed by atoms with Gasteiger partial charge in [-0.1, -0.05) is 6.07 Å². The molecule has 2 rings (SSSR count). The fourth-order valence-corrected chi connectivity index (χ4v) is 2.79. The zero-order valence-electron chi connectivity index (χ0n) is 9.21. The maximum atomic E-state index is 10.1. The van der Waals surface area contributed by atoms with Gasteiger partial charge < -0.3 is 10.8 Å². The summed E-state index contributed by atoms with van der Waals surface area (Å²) in [4.78, 5) is 1.17. The van der Waals surface area contributed by atoms with Crippen molar-refractivity contribution in [2.45, 2.75) is 30.1 Å². The standard InChI is InChI=1S/C12H17NOS/c1-8-3-4-9(15-2)10(11(8)14)12(7-13)5-6-12/h3-4,14H,5-7,13H2,1-2H3. The van der Waals surface area contributed by atoms with E-state index in [1.54, 1.807) is 11.8 Å². The number of phenols is 1. The van der Waals surface area contributed by atoms with Crippen molar-refractivity contribution in [3.63, 3.8) is 0 Å². The van der Waals surface area contributed by atoms with E-state index in [1.807, 2.05) is 19.2 Å². The molecule has 1 aliphatic rings. The summed E-state index contributed by atoms with van der Waals surface area (Å²) < 4.78 is 0. The van der Waals surface area contributed by atoms with E-state index >= 15 is 0 Å². The van der Waals surface area contributed by atoms with Crippen molar-refractivity contribution in [2.75, 3.05) is 12.8 Å². The maximum absolute atomic E-state index is 10.1. The SMILES string of the molecule is CSc1ccc(C)c(O)c1C1(CN)CC1. The molecule has 0 aromatic heterocycles.